The van der Waals surface area contributed by atoms with Crippen LogP contribution in [0.25, 0.3) is 0 Å². The number of carboxylic acid groups (broad SMARTS) is 2. The van der Waals surface area contributed by atoms with Crippen LogP contribution >= 0.6 is 0 Å². The van der Waals surface area contributed by atoms with Crippen LogP contribution in [0.5, 0.6) is 0 Å². The van der Waals surface area contributed by atoms with Gasteiger partial charge in [-0.3, -0.25) is 9.59 Å². The average Bonchev–Trinajstić information content (AvgIpc) is 1.98. The smallest absolute Gasteiger partial charge is 0.307 e. The second kappa shape index (κ2) is 4.45. The molecule has 0 aliphatic heterocycles. The zero-order chi connectivity index (χ0) is 11.4. The fourth-order valence-corrected chi connectivity index (χ4v) is 1.34. The first kappa shape index (κ1) is 11.0. The number of hydrogen-bond acceptors (Lipinski definition) is 3. The van der Waals surface area contributed by atoms with Crippen molar-refractivity contribution in [3.63, 3.8) is 0 Å². The SMILES string of the molecule is Nc1cc(CC(=O)O)cc(CC(=O)O)c1. The van der Waals surface area contributed by atoms with E-state index in [0.717, 1.165) is 0 Å². The Labute approximate surface area is 86.1 Å². The first-order valence-corrected chi connectivity index (χ1v) is 4.29. The van der Waals surface area contributed by atoms with Crippen molar-refractivity contribution in [2.24, 2.45) is 0 Å². The van der Waals surface area contributed by atoms with Crippen LogP contribution in [0, 0.1) is 0 Å². The molecule has 0 aliphatic carbocycles. The van der Waals surface area contributed by atoms with Gasteiger partial charge in [-0.25, -0.2) is 0 Å². The van der Waals surface area contributed by atoms with Crippen LogP contribution in [-0.4, -0.2) is 22.2 Å². The third-order valence-corrected chi connectivity index (χ3v) is 1.79. The zero-order valence-electron chi connectivity index (χ0n) is 7.93. The molecule has 0 heterocycles. The summed E-state index contributed by atoms with van der Waals surface area (Å²) in [5, 5.41) is 17.1. The summed E-state index contributed by atoms with van der Waals surface area (Å²) in [4.78, 5) is 20.9. The second-order valence-electron chi connectivity index (χ2n) is 3.22. The number of benzene rings is 1. The highest BCUT2D eigenvalue weighted by Gasteiger charge is 2.06. The van der Waals surface area contributed by atoms with E-state index in [1.165, 1.54) is 12.1 Å². The maximum absolute atomic E-state index is 10.5. The average molecular weight is 209 g/mol. The van der Waals surface area contributed by atoms with E-state index < -0.39 is 11.9 Å². The number of nitrogen functional groups attached to an aromatic ring is 1. The normalized spacial score (nSPS) is 9.87. The number of nitrogens with two attached hydrogens (primary N) is 1. The quantitative estimate of drug-likeness (QED) is 0.628. The second-order valence-corrected chi connectivity index (χ2v) is 3.22. The van der Waals surface area contributed by atoms with E-state index in [-0.39, 0.29) is 12.8 Å². The van der Waals surface area contributed by atoms with Crippen molar-refractivity contribution in [3.8, 4) is 0 Å². The summed E-state index contributed by atoms with van der Waals surface area (Å²) in [6, 6.07) is 4.59. The van der Waals surface area contributed by atoms with E-state index in [9.17, 15) is 9.59 Å². The molecule has 5 heteroatoms. The molecule has 1 aromatic carbocycles. The molecule has 80 valence electrons. The number of aliphatic carboxylic acids is 2. The number of carboxylic acids is 2. The maximum atomic E-state index is 10.5. The Balaban J connectivity index is 2.94. The van der Waals surface area contributed by atoms with Crippen molar-refractivity contribution >= 4 is 17.6 Å². The molecule has 1 aromatic rings. The molecule has 0 saturated carbocycles. The monoisotopic (exact) mass is 209 g/mol. The van der Waals surface area contributed by atoms with Gasteiger partial charge in [0.2, 0.25) is 0 Å². The predicted molar refractivity (Wildman–Crippen MR) is 53.5 cm³/mol. The van der Waals surface area contributed by atoms with Crippen LogP contribution in [0.3, 0.4) is 0 Å². The van der Waals surface area contributed by atoms with Gasteiger partial charge in [-0.1, -0.05) is 6.07 Å². The third kappa shape index (κ3) is 3.68. The Hall–Kier alpha value is -2.04. The molecule has 0 fully saturated rings. The summed E-state index contributed by atoms with van der Waals surface area (Å²) in [5.41, 5.74) is 6.93. The summed E-state index contributed by atoms with van der Waals surface area (Å²) >= 11 is 0. The number of rotatable bonds is 4. The summed E-state index contributed by atoms with van der Waals surface area (Å²) in [5.74, 6) is -1.94. The van der Waals surface area contributed by atoms with Gasteiger partial charge < -0.3 is 15.9 Å². The molecule has 0 spiro atoms. The van der Waals surface area contributed by atoms with Crippen LogP contribution in [0.4, 0.5) is 5.69 Å². The van der Waals surface area contributed by atoms with Gasteiger partial charge >= 0.3 is 11.9 Å². The highest BCUT2D eigenvalue weighted by atomic mass is 16.4. The standard InChI is InChI=1S/C10H11NO4/c11-8-2-6(4-9(12)13)1-7(3-8)5-10(14)15/h1-3H,4-5,11H2,(H,12,13)(H,14,15). The van der Waals surface area contributed by atoms with Gasteiger partial charge in [0, 0.05) is 5.69 Å². The molecule has 0 radical (unpaired) electrons. The summed E-state index contributed by atoms with van der Waals surface area (Å²) in [6.45, 7) is 0. The van der Waals surface area contributed by atoms with E-state index in [4.69, 9.17) is 15.9 Å². The Bertz CT molecular complexity index is 366. The third-order valence-electron chi connectivity index (χ3n) is 1.79. The Kier molecular flexibility index (Phi) is 3.28. The number of hydrogen-bond donors (Lipinski definition) is 3. The van der Waals surface area contributed by atoms with Gasteiger partial charge in [0.15, 0.2) is 0 Å². The van der Waals surface area contributed by atoms with Gasteiger partial charge in [0.05, 0.1) is 12.8 Å². The molecular weight excluding hydrogens is 198 g/mol. The lowest BCUT2D eigenvalue weighted by molar-refractivity contribution is -0.137. The van der Waals surface area contributed by atoms with Gasteiger partial charge in [-0.15, -0.1) is 0 Å². The van der Waals surface area contributed by atoms with Crippen molar-refractivity contribution in [3.05, 3.63) is 29.3 Å². The van der Waals surface area contributed by atoms with E-state index in [1.54, 1.807) is 6.07 Å². The van der Waals surface area contributed by atoms with Gasteiger partial charge in [-0.05, 0) is 23.3 Å². The fraction of sp³-hybridized carbons (Fsp3) is 0.200. The van der Waals surface area contributed by atoms with Gasteiger partial charge in [0.25, 0.3) is 0 Å². The largest absolute Gasteiger partial charge is 0.481 e. The van der Waals surface area contributed by atoms with Crippen molar-refractivity contribution in [1.82, 2.24) is 0 Å². The van der Waals surface area contributed by atoms with E-state index >= 15 is 0 Å². The minimum absolute atomic E-state index is 0.155. The summed E-state index contributed by atoms with van der Waals surface area (Å²) in [6.07, 6.45) is -0.310. The van der Waals surface area contributed by atoms with Crippen LogP contribution in [0.15, 0.2) is 18.2 Å². The van der Waals surface area contributed by atoms with Crippen LogP contribution in [0.1, 0.15) is 11.1 Å². The van der Waals surface area contributed by atoms with Gasteiger partial charge in [-0.2, -0.15) is 0 Å². The Morgan fingerprint density at radius 1 is 1.00 bits per heavy atom. The highest BCUT2D eigenvalue weighted by molar-refractivity contribution is 5.73. The van der Waals surface area contributed by atoms with Crippen LogP contribution in [0.2, 0.25) is 0 Å². The Morgan fingerprint density at radius 2 is 1.40 bits per heavy atom. The Morgan fingerprint density at radius 3 is 1.73 bits per heavy atom. The maximum Gasteiger partial charge on any atom is 0.307 e. The number of anilines is 1. The topological polar surface area (TPSA) is 101 Å². The predicted octanol–water partition coefficient (Wildman–Crippen LogP) is 0.523. The minimum Gasteiger partial charge on any atom is -0.481 e. The fourth-order valence-electron chi connectivity index (χ4n) is 1.34. The molecule has 0 atom stereocenters. The summed E-state index contributed by atoms with van der Waals surface area (Å²) in [7, 11) is 0. The molecule has 0 aromatic heterocycles. The molecule has 4 N–H and O–H groups in total. The first-order chi connectivity index (χ1) is 6.97. The van der Waals surface area contributed by atoms with E-state index in [1.807, 2.05) is 0 Å². The van der Waals surface area contributed by atoms with Crippen LogP contribution in [-0.2, 0) is 22.4 Å². The zero-order valence-corrected chi connectivity index (χ0v) is 7.93. The van der Waals surface area contributed by atoms with Crippen molar-refractivity contribution in [1.29, 1.82) is 0 Å². The van der Waals surface area contributed by atoms with E-state index in [0.29, 0.717) is 16.8 Å². The molecule has 0 saturated heterocycles. The first-order valence-electron chi connectivity index (χ1n) is 4.29. The molecule has 0 unspecified atom stereocenters. The molecule has 5 nitrogen and oxygen atoms in total. The lowest BCUT2D eigenvalue weighted by atomic mass is 10.0. The minimum atomic E-state index is -0.970. The van der Waals surface area contributed by atoms with Gasteiger partial charge in [0.1, 0.15) is 0 Å². The van der Waals surface area contributed by atoms with Crippen molar-refractivity contribution in [2.75, 3.05) is 5.73 Å². The molecule has 1 rings (SSSR count). The molecule has 0 bridgehead atoms. The number of carbonyl (C=O) groups is 2. The summed E-state index contributed by atoms with van der Waals surface area (Å²) < 4.78 is 0. The van der Waals surface area contributed by atoms with Crippen molar-refractivity contribution < 1.29 is 19.8 Å². The molecule has 0 aliphatic rings. The molecular formula is C10H11NO4. The highest BCUT2D eigenvalue weighted by Crippen LogP contribution is 2.13. The molecule has 15 heavy (non-hydrogen) atoms. The lowest BCUT2D eigenvalue weighted by Gasteiger charge is -2.03. The molecule has 0 amide bonds. The van der Waals surface area contributed by atoms with Crippen LogP contribution < -0.4 is 5.73 Å². The lowest BCUT2D eigenvalue weighted by Crippen LogP contribution is -2.05. The van der Waals surface area contributed by atoms with Crippen molar-refractivity contribution in [2.45, 2.75) is 12.8 Å². The van der Waals surface area contributed by atoms with E-state index in [2.05, 4.69) is 0 Å².